The maximum atomic E-state index is 13.9. The lowest BCUT2D eigenvalue weighted by atomic mass is 10.1. The first-order chi connectivity index (χ1) is 12.8. The van der Waals surface area contributed by atoms with Gasteiger partial charge in [-0.2, -0.15) is 22.8 Å². The number of fused-ring (bicyclic) bond motifs is 1. The van der Waals surface area contributed by atoms with Crippen molar-refractivity contribution in [1.29, 1.82) is 5.26 Å². The quantitative estimate of drug-likeness (QED) is 0.619. The van der Waals surface area contributed by atoms with Crippen LogP contribution in [0.2, 0.25) is 0 Å². The molecule has 0 aliphatic carbocycles. The molecule has 1 aliphatic heterocycles. The number of aromatic nitrogens is 1. The van der Waals surface area contributed by atoms with E-state index in [9.17, 15) is 39.8 Å². The third kappa shape index (κ3) is 2.67. The third-order valence-corrected chi connectivity index (χ3v) is 5.74. The molecule has 3 rings (SSSR count). The second-order valence-corrected chi connectivity index (χ2v) is 7.56. The molecule has 0 atom stereocenters. The molecule has 0 fully saturated rings. The maximum absolute atomic E-state index is 13.9. The summed E-state index contributed by atoms with van der Waals surface area (Å²) in [6.45, 7) is 0. The van der Waals surface area contributed by atoms with Crippen molar-refractivity contribution in [2.75, 3.05) is 0 Å². The number of pyridine rings is 1. The summed E-state index contributed by atoms with van der Waals surface area (Å²) in [7, 11) is -5.74. The molecule has 28 heavy (non-hydrogen) atoms. The number of hydrogen-bond donors (Lipinski definition) is 2. The molecule has 0 unspecified atom stereocenters. The summed E-state index contributed by atoms with van der Waals surface area (Å²) in [6, 6.07) is 3.87. The average molecular weight is 428 g/mol. The molecule has 0 saturated heterocycles. The first kappa shape index (κ1) is 20.2. The van der Waals surface area contributed by atoms with E-state index in [0.717, 1.165) is 12.1 Å². The molecule has 2 N–H and O–H groups in total. The van der Waals surface area contributed by atoms with Gasteiger partial charge in [0.05, 0.1) is 23.4 Å². The number of hydrogen-bond acceptors (Lipinski definition) is 5. The highest BCUT2D eigenvalue weighted by molar-refractivity contribution is 8.25. The molecule has 1 aliphatic rings. The van der Waals surface area contributed by atoms with Gasteiger partial charge in [-0.05, 0) is 12.1 Å². The first-order valence-corrected chi connectivity index (χ1v) is 8.62. The summed E-state index contributed by atoms with van der Waals surface area (Å²) >= 11 is 0. The molecule has 2 aromatic rings. The van der Waals surface area contributed by atoms with Crippen molar-refractivity contribution in [2.24, 2.45) is 0 Å². The van der Waals surface area contributed by atoms with Crippen LogP contribution >= 0.6 is 10.6 Å². The highest BCUT2D eigenvalue weighted by atomic mass is 32.3. The summed E-state index contributed by atoms with van der Waals surface area (Å²) in [5.41, 5.74) is -3.85. The first-order valence-electron chi connectivity index (χ1n) is 7.08. The predicted octanol–water partition coefficient (Wildman–Crippen LogP) is 5.63. The lowest BCUT2D eigenvalue weighted by Crippen LogP contribution is -2.36. The normalized spacial score (nSPS) is 19.8. The second-order valence-electron chi connectivity index (χ2n) is 5.54. The van der Waals surface area contributed by atoms with Crippen LogP contribution < -0.4 is 4.74 Å². The van der Waals surface area contributed by atoms with Crippen molar-refractivity contribution >= 4 is 10.6 Å². The summed E-state index contributed by atoms with van der Waals surface area (Å²) in [6.07, 6.45) is -3.51. The Morgan fingerprint density at radius 2 is 1.79 bits per heavy atom. The van der Waals surface area contributed by atoms with Gasteiger partial charge in [0.15, 0.2) is 5.75 Å². The molecule has 1 aromatic heterocycles. The molecule has 0 bridgehead atoms. The zero-order valence-electron chi connectivity index (χ0n) is 13.1. The topological polar surface area (TPSA) is 86.4 Å². The van der Waals surface area contributed by atoms with Crippen LogP contribution in [0.15, 0.2) is 29.3 Å². The van der Waals surface area contributed by atoms with E-state index in [2.05, 4.69) is 4.98 Å². The van der Waals surface area contributed by atoms with Gasteiger partial charge in [-0.25, -0.2) is 18.2 Å². The van der Waals surface area contributed by atoms with Crippen LogP contribution in [0.5, 0.6) is 11.5 Å². The van der Waals surface area contributed by atoms with Crippen LogP contribution in [0.1, 0.15) is 23.2 Å². The second kappa shape index (κ2) is 6.23. The molecule has 0 spiro atoms. The Bertz CT molecular complexity index is 1010. The summed E-state index contributed by atoms with van der Waals surface area (Å²) in [5, 5.41) is 3.29. The lowest BCUT2D eigenvalue weighted by molar-refractivity contribution is -0.164. The van der Waals surface area contributed by atoms with Crippen molar-refractivity contribution in [1.82, 2.24) is 4.98 Å². The van der Waals surface area contributed by atoms with Gasteiger partial charge in [0.2, 0.25) is 0 Å². The summed E-state index contributed by atoms with van der Waals surface area (Å²) in [5.74, 6) is -7.87. The van der Waals surface area contributed by atoms with E-state index in [4.69, 9.17) is 10.00 Å². The fraction of sp³-hybridized carbons (Fsp3) is 0.200. The fourth-order valence-corrected chi connectivity index (χ4v) is 4.21. The number of ether oxygens (including phenoxy) is 1. The van der Waals surface area contributed by atoms with Gasteiger partial charge in [0.1, 0.15) is 22.2 Å². The van der Waals surface area contributed by atoms with E-state index >= 15 is 0 Å². The molecule has 0 amide bonds. The highest BCUT2D eigenvalue weighted by Crippen LogP contribution is 2.76. The van der Waals surface area contributed by atoms with Gasteiger partial charge in [0.25, 0.3) is 6.43 Å². The van der Waals surface area contributed by atoms with Crippen LogP contribution in [0, 0.1) is 17.1 Å². The Hall–Kier alpha value is -2.56. The number of nitriles is 1. The maximum Gasteiger partial charge on any atom is 0.410 e. The van der Waals surface area contributed by atoms with E-state index in [1.807, 2.05) is 0 Å². The molecular formula is C15H7F7N2O3S. The Morgan fingerprint density at radius 1 is 1.14 bits per heavy atom. The van der Waals surface area contributed by atoms with E-state index < -0.39 is 61.7 Å². The van der Waals surface area contributed by atoms with Crippen LogP contribution in [0.25, 0.3) is 0 Å². The van der Waals surface area contributed by atoms with Crippen LogP contribution in [0.4, 0.5) is 30.7 Å². The summed E-state index contributed by atoms with van der Waals surface area (Å²) in [4.78, 5) is 1.13. The average Bonchev–Trinajstić information content (AvgIpc) is 2.69. The van der Waals surface area contributed by atoms with E-state index in [0.29, 0.717) is 6.07 Å². The molecule has 150 valence electrons. The van der Waals surface area contributed by atoms with Crippen molar-refractivity contribution in [3.63, 3.8) is 0 Å². The third-order valence-electron chi connectivity index (χ3n) is 3.79. The minimum Gasteiger partial charge on any atom is -0.455 e. The smallest absolute Gasteiger partial charge is 0.410 e. The van der Waals surface area contributed by atoms with E-state index in [-0.39, 0.29) is 11.8 Å². The molecule has 0 radical (unpaired) electrons. The Labute approximate surface area is 153 Å². The van der Waals surface area contributed by atoms with Gasteiger partial charge in [-0.3, -0.25) is 9.11 Å². The number of halogens is 7. The number of nitrogens with zero attached hydrogens (tertiary/aromatic N) is 2. The van der Waals surface area contributed by atoms with Gasteiger partial charge in [0, 0.05) is 6.07 Å². The Morgan fingerprint density at radius 3 is 2.36 bits per heavy atom. The molecule has 13 heteroatoms. The van der Waals surface area contributed by atoms with Gasteiger partial charge in [-0.15, -0.1) is 0 Å². The minimum atomic E-state index is -5.74. The number of benzene rings is 1. The lowest BCUT2D eigenvalue weighted by Gasteiger charge is -2.35. The number of rotatable bonds is 3. The monoisotopic (exact) mass is 428 g/mol. The van der Waals surface area contributed by atoms with Crippen molar-refractivity contribution in [3.8, 4) is 17.6 Å². The number of alkyl halides is 6. The molecule has 5 nitrogen and oxygen atoms in total. The molecule has 0 saturated carbocycles. The van der Waals surface area contributed by atoms with Gasteiger partial charge in [-0.1, -0.05) is 10.6 Å². The largest absolute Gasteiger partial charge is 0.455 e. The van der Waals surface area contributed by atoms with Crippen molar-refractivity contribution < 1.29 is 44.6 Å². The SMILES string of the molecule is N#Cc1cc(F)cc(Oc2cnc3c(c2C(F)F)S(O)(O)C(F)(F)C3(F)F)c1. The molecule has 1 aromatic carbocycles. The fourth-order valence-electron chi connectivity index (χ4n) is 2.55. The molecule has 2 heterocycles. The minimum absolute atomic E-state index is 0.252. The summed E-state index contributed by atoms with van der Waals surface area (Å²) < 4.78 is 120. The standard InChI is InChI=1S/C15H7F7N2O3S/c16-7-1-6(4-23)2-8(3-7)27-9-5-24-12-11(10(9)13(17)18)28(25,26)15(21,22)14(12,19)20/h1-3,5,13,25-26H. The zero-order chi connectivity index (χ0) is 21.1. The molecular weight excluding hydrogens is 421 g/mol. The van der Waals surface area contributed by atoms with Crippen LogP contribution in [0.3, 0.4) is 0 Å². The van der Waals surface area contributed by atoms with Crippen LogP contribution in [-0.2, 0) is 5.92 Å². The van der Waals surface area contributed by atoms with E-state index in [1.165, 1.54) is 0 Å². The Kier molecular flexibility index (Phi) is 4.49. The predicted molar refractivity (Wildman–Crippen MR) is 80.3 cm³/mol. The van der Waals surface area contributed by atoms with Crippen LogP contribution in [-0.4, -0.2) is 19.3 Å². The highest BCUT2D eigenvalue weighted by Gasteiger charge is 2.75. The van der Waals surface area contributed by atoms with Gasteiger partial charge < -0.3 is 4.74 Å². The van der Waals surface area contributed by atoms with Crippen molar-refractivity contribution in [3.05, 3.63) is 47.0 Å². The van der Waals surface area contributed by atoms with Crippen molar-refractivity contribution in [2.45, 2.75) is 22.5 Å². The zero-order valence-corrected chi connectivity index (χ0v) is 14.0. The van der Waals surface area contributed by atoms with Gasteiger partial charge >= 0.3 is 11.2 Å². The van der Waals surface area contributed by atoms with E-state index in [1.54, 1.807) is 6.07 Å². The Balaban J connectivity index is 2.23.